The second-order valence-electron chi connectivity index (χ2n) is 5.23. The van der Waals surface area contributed by atoms with E-state index in [0.717, 1.165) is 18.7 Å². The molecule has 0 bridgehead atoms. The van der Waals surface area contributed by atoms with Crippen LogP contribution in [0.5, 0.6) is 0 Å². The number of nitrogens with zero attached hydrogens (tertiary/aromatic N) is 2. The summed E-state index contributed by atoms with van der Waals surface area (Å²) in [4.78, 5) is 0. The third kappa shape index (κ3) is 4.62. The molecular formula is C13H23N3. The van der Waals surface area contributed by atoms with Crippen molar-refractivity contribution >= 4 is 5.57 Å². The molecule has 0 saturated heterocycles. The fraction of sp³-hybridized carbons (Fsp3) is 0.615. The first-order valence-corrected chi connectivity index (χ1v) is 5.80. The third-order valence-electron chi connectivity index (χ3n) is 2.37. The van der Waals surface area contributed by atoms with Gasteiger partial charge in [-0.05, 0) is 52.3 Å². The topological polar surface area (TPSA) is 29.9 Å². The Hall–Kier alpha value is -1.09. The molecule has 0 radical (unpaired) electrons. The molecule has 0 unspecified atom stereocenters. The zero-order valence-electron chi connectivity index (χ0n) is 11.0. The number of rotatable bonds is 4. The Balaban J connectivity index is 2.40. The molecule has 16 heavy (non-hydrogen) atoms. The Bertz CT molecular complexity index is 355. The quantitative estimate of drug-likeness (QED) is 0.792. The summed E-state index contributed by atoms with van der Waals surface area (Å²) in [5.41, 5.74) is 2.52. The summed E-state index contributed by atoms with van der Waals surface area (Å²) in [5.74, 6) is 0. The van der Waals surface area contributed by atoms with Crippen LogP contribution in [-0.2, 0) is 7.05 Å². The molecule has 0 aliphatic rings. The van der Waals surface area contributed by atoms with Gasteiger partial charge in [0.25, 0.3) is 0 Å². The van der Waals surface area contributed by atoms with E-state index < -0.39 is 0 Å². The largest absolute Gasteiger partial charge is 0.312 e. The molecule has 0 spiro atoms. The van der Waals surface area contributed by atoms with Gasteiger partial charge in [-0.15, -0.1) is 0 Å². The van der Waals surface area contributed by atoms with Gasteiger partial charge in [0.2, 0.25) is 0 Å². The Morgan fingerprint density at radius 2 is 2.19 bits per heavy atom. The van der Waals surface area contributed by atoms with Crippen LogP contribution in [0.4, 0.5) is 0 Å². The maximum atomic E-state index is 4.37. The molecule has 1 aromatic heterocycles. The lowest BCUT2D eigenvalue weighted by molar-refractivity contribution is 0.431. The summed E-state index contributed by atoms with van der Waals surface area (Å²) in [7, 11) is 1.94. The van der Waals surface area contributed by atoms with Gasteiger partial charge >= 0.3 is 0 Å². The number of nitrogens with one attached hydrogen (secondary N) is 1. The molecule has 1 N–H and O–H groups in total. The van der Waals surface area contributed by atoms with Crippen molar-refractivity contribution in [1.29, 1.82) is 0 Å². The maximum Gasteiger partial charge on any atom is 0.0876 e. The van der Waals surface area contributed by atoms with Crippen LogP contribution in [0, 0.1) is 0 Å². The molecule has 0 atom stereocenters. The van der Waals surface area contributed by atoms with E-state index in [-0.39, 0.29) is 5.54 Å². The molecule has 3 heteroatoms. The van der Waals surface area contributed by atoms with E-state index in [1.165, 1.54) is 5.57 Å². The first kappa shape index (κ1) is 13.0. The Morgan fingerprint density at radius 3 is 2.69 bits per heavy atom. The average molecular weight is 221 g/mol. The summed E-state index contributed by atoms with van der Waals surface area (Å²) in [5, 5.41) is 7.83. The monoisotopic (exact) mass is 221 g/mol. The van der Waals surface area contributed by atoms with Crippen molar-refractivity contribution in [3.05, 3.63) is 24.0 Å². The zero-order chi connectivity index (χ0) is 12.2. The van der Waals surface area contributed by atoms with E-state index in [4.69, 9.17) is 0 Å². The minimum absolute atomic E-state index is 0.201. The van der Waals surface area contributed by atoms with Crippen molar-refractivity contribution < 1.29 is 0 Å². The first-order chi connectivity index (χ1) is 7.38. The average Bonchev–Trinajstić information content (AvgIpc) is 2.57. The number of hydrogen-bond donors (Lipinski definition) is 1. The SMILES string of the molecule is C/C(=C/CCNC(C)(C)C)c1ccn(C)n1. The predicted molar refractivity (Wildman–Crippen MR) is 69.2 cm³/mol. The summed E-state index contributed by atoms with van der Waals surface area (Å²) in [6.07, 6.45) is 5.25. The molecular weight excluding hydrogens is 198 g/mol. The molecule has 0 fully saturated rings. The highest BCUT2D eigenvalue weighted by molar-refractivity contribution is 5.59. The van der Waals surface area contributed by atoms with Crippen LogP contribution in [0.3, 0.4) is 0 Å². The third-order valence-corrected chi connectivity index (χ3v) is 2.37. The van der Waals surface area contributed by atoms with Gasteiger partial charge < -0.3 is 5.32 Å². The molecule has 1 rings (SSSR count). The van der Waals surface area contributed by atoms with Gasteiger partial charge in [0.05, 0.1) is 5.69 Å². The van der Waals surface area contributed by atoms with Crippen LogP contribution in [0.25, 0.3) is 5.57 Å². The van der Waals surface area contributed by atoms with Gasteiger partial charge in [0.1, 0.15) is 0 Å². The lowest BCUT2D eigenvalue weighted by atomic mass is 10.1. The van der Waals surface area contributed by atoms with E-state index in [2.05, 4.69) is 44.2 Å². The van der Waals surface area contributed by atoms with Crippen LogP contribution in [0.15, 0.2) is 18.3 Å². The van der Waals surface area contributed by atoms with Gasteiger partial charge in [0.15, 0.2) is 0 Å². The molecule has 0 saturated carbocycles. The van der Waals surface area contributed by atoms with Crippen molar-refractivity contribution in [2.45, 2.75) is 39.7 Å². The maximum absolute atomic E-state index is 4.37. The Kier molecular flexibility index (Phi) is 4.30. The summed E-state index contributed by atoms with van der Waals surface area (Å²) < 4.78 is 1.83. The smallest absolute Gasteiger partial charge is 0.0876 e. The fourth-order valence-corrected chi connectivity index (χ4v) is 1.47. The van der Waals surface area contributed by atoms with Gasteiger partial charge in [-0.3, -0.25) is 4.68 Å². The van der Waals surface area contributed by atoms with Crippen LogP contribution < -0.4 is 5.32 Å². The van der Waals surface area contributed by atoms with Crippen LogP contribution in [0.2, 0.25) is 0 Å². The van der Waals surface area contributed by atoms with E-state index >= 15 is 0 Å². The molecule has 3 nitrogen and oxygen atoms in total. The number of aromatic nitrogens is 2. The van der Waals surface area contributed by atoms with Crippen molar-refractivity contribution in [1.82, 2.24) is 15.1 Å². The van der Waals surface area contributed by atoms with Crippen LogP contribution in [0.1, 0.15) is 39.8 Å². The molecule has 0 aliphatic carbocycles. The van der Waals surface area contributed by atoms with Gasteiger partial charge in [-0.25, -0.2) is 0 Å². The van der Waals surface area contributed by atoms with E-state index in [9.17, 15) is 0 Å². The van der Waals surface area contributed by atoms with E-state index in [1.54, 1.807) is 0 Å². The standard InChI is InChI=1S/C13H23N3/c1-11(12-8-10-16(5)15-12)7-6-9-14-13(2,3)4/h7-8,10,14H,6,9H2,1-5H3/b11-7-. The summed E-state index contributed by atoms with van der Waals surface area (Å²) in [6, 6.07) is 2.04. The van der Waals surface area contributed by atoms with Gasteiger partial charge in [-0.2, -0.15) is 5.10 Å². The molecule has 0 aliphatic heterocycles. The minimum Gasteiger partial charge on any atom is -0.312 e. The zero-order valence-corrected chi connectivity index (χ0v) is 11.0. The number of allylic oxidation sites excluding steroid dienone is 1. The second-order valence-corrected chi connectivity index (χ2v) is 5.23. The molecule has 1 aromatic rings. The molecule has 1 heterocycles. The molecule has 0 aromatic carbocycles. The normalized spacial score (nSPS) is 13.2. The number of hydrogen-bond acceptors (Lipinski definition) is 2. The lowest BCUT2D eigenvalue weighted by Crippen LogP contribution is -2.36. The van der Waals surface area contributed by atoms with Gasteiger partial charge in [0, 0.05) is 18.8 Å². The lowest BCUT2D eigenvalue weighted by Gasteiger charge is -2.19. The summed E-state index contributed by atoms with van der Waals surface area (Å²) in [6.45, 7) is 9.67. The van der Waals surface area contributed by atoms with Crippen LogP contribution in [-0.4, -0.2) is 21.9 Å². The highest BCUT2D eigenvalue weighted by Gasteiger charge is 2.06. The minimum atomic E-state index is 0.201. The first-order valence-electron chi connectivity index (χ1n) is 5.80. The van der Waals surface area contributed by atoms with Crippen molar-refractivity contribution in [2.75, 3.05) is 6.54 Å². The van der Waals surface area contributed by atoms with Crippen molar-refractivity contribution in [3.8, 4) is 0 Å². The highest BCUT2D eigenvalue weighted by Crippen LogP contribution is 2.10. The fourth-order valence-electron chi connectivity index (χ4n) is 1.47. The Labute approximate surface area is 98.5 Å². The van der Waals surface area contributed by atoms with Crippen molar-refractivity contribution in [3.63, 3.8) is 0 Å². The van der Waals surface area contributed by atoms with E-state index in [1.807, 2.05) is 24.0 Å². The van der Waals surface area contributed by atoms with Gasteiger partial charge in [-0.1, -0.05) is 6.08 Å². The predicted octanol–water partition coefficient (Wildman–Crippen LogP) is 2.60. The summed E-state index contributed by atoms with van der Waals surface area (Å²) >= 11 is 0. The van der Waals surface area contributed by atoms with Crippen molar-refractivity contribution in [2.24, 2.45) is 7.05 Å². The number of aryl methyl sites for hydroxylation is 1. The second kappa shape index (κ2) is 5.30. The molecule has 90 valence electrons. The molecule has 0 amide bonds. The highest BCUT2D eigenvalue weighted by atomic mass is 15.2. The van der Waals surface area contributed by atoms with Crippen LogP contribution >= 0.6 is 0 Å². The van der Waals surface area contributed by atoms with E-state index in [0.29, 0.717) is 0 Å². The Morgan fingerprint density at radius 1 is 1.50 bits per heavy atom.